The molecule has 0 bridgehead atoms. The lowest BCUT2D eigenvalue weighted by atomic mass is 10.1. The summed E-state index contributed by atoms with van der Waals surface area (Å²) in [5, 5.41) is 9.92. The van der Waals surface area contributed by atoms with Crippen LogP contribution in [0, 0.1) is 16.0 Å². The molecule has 1 aliphatic rings. The van der Waals surface area contributed by atoms with Crippen LogP contribution < -0.4 is 0 Å². The van der Waals surface area contributed by atoms with Gasteiger partial charge in [0, 0.05) is 11.3 Å². The summed E-state index contributed by atoms with van der Waals surface area (Å²) in [4.78, 5) is 20.2. The lowest BCUT2D eigenvalue weighted by Crippen LogP contribution is -2.12. The van der Waals surface area contributed by atoms with Gasteiger partial charge in [-0.25, -0.2) is 0 Å². The first kappa shape index (κ1) is 7.97. The Labute approximate surface area is 63.5 Å². The lowest BCUT2D eigenvalue weighted by molar-refractivity contribution is -0.481. The molecule has 0 aromatic carbocycles. The van der Waals surface area contributed by atoms with Crippen LogP contribution in [0.15, 0.2) is 0 Å². The Bertz CT molecular complexity index is 179. The van der Waals surface area contributed by atoms with E-state index in [-0.39, 0.29) is 18.4 Å². The Hall–Kier alpha value is -1.13. The number of esters is 1. The smallest absolute Gasteiger partial charge is 0.309 e. The summed E-state index contributed by atoms with van der Waals surface area (Å²) < 4.78 is 4.64. The fourth-order valence-corrected chi connectivity index (χ4v) is 1.06. The van der Waals surface area contributed by atoms with E-state index in [0.717, 1.165) is 0 Å². The van der Waals surface area contributed by atoms with E-state index in [1.807, 2.05) is 0 Å². The molecule has 1 aliphatic heterocycles. The molecule has 0 saturated carbocycles. The van der Waals surface area contributed by atoms with Crippen LogP contribution in [0.5, 0.6) is 0 Å². The number of carbonyl (C=O) groups excluding carboxylic acids is 1. The molecule has 1 heterocycles. The molecule has 5 nitrogen and oxygen atoms in total. The van der Waals surface area contributed by atoms with Crippen LogP contribution >= 0.6 is 0 Å². The van der Waals surface area contributed by atoms with Gasteiger partial charge in [0.25, 0.3) is 0 Å². The van der Waals surface area contributed by atoms with Crippen LogP contribution in [0.4, 0.5) is 0 Å². The summed E-state index contributed by atoms with van der Waals surface area (Å²) in [7, 11) is 0. The SMILES string of the molecule is O=C1OCCC1CC[N+](=O)[O-]. The first-order chi connectivity index (χ1) is 5.20. The van der Waals surface area contributed by atoms with E-state index in [9.17, 15) is 14.9 Å². The van der Waals surface area contributed by atoms with E-state index in [4.69, 9.17) is 0 Å². The number of hydrogen-bond acceptors (Lipinski definition) is 4. The second-order valence-electron chi connectivity index (χ2n) is 2.50. The van der Waals surface area contributed by atoms with E-state index < -0.39 is 4.92 Å². The van der Waals surface area contributed by atoms with Gasteiger partial charge in [-0.15, -0.1) is 0 Å². The Morgan fingerprint density at radius 2 is 2.45 bits per heavy atom. The zero-order valence-corrected chi connectivity index (χ0v) is 5.99. The summed E-state index contributed by atoms with van der Waals surface area (Å²) in [5.74, 6) is -0.521. The van der Waals surface area contributed by atoms with Crippen LogP contribution in [-0.2, 0) is 9.53 Å². The van der Waals surface area contributed by atoms with E-state index in [2.05, 4.69) is 4.74 Å². The highest BCUT2D eigenvalue weighted by molar-refractivity contribution is 5.73. The average molecular weight is 159 g/mol. The maximum absolute atomic E-state index is 10.7. The molecule has 1 rings (SSSR count). The largest absolute Gasteiger partial charge is 0.465 e. The Kier molecular flexibility index (Phi) is 2.40. The van der Waals surface area contributed by atoms with E-state index in [1.165, 1.54) is 0 Å². The van der Waals surface area contributed by atoms with Crippen LogP contribution in [0.1, 0.15) is 12.8 Å². The molecule has 0 aromatic rings. The van der Waals surface area contributed by atoms with Crippen LogP contribution in [0.25, 0.3) is 0 Å². The molecule has 11 heavy (non-hydrogen) atoms. The van der Waals surface area contributed by atoms with Crippen molar-refractivity contribution in [3.8, 4) is 0 Å². The van der Waals surface area contributed by atoms with Crippen molar-refractivity contribution in [2.75, 3.05) is 13.2 Å². The number of rotatable bonds is 3. The number of nitro groups is 1. The van der Waals surface area contributed by atoms with Crippen molar-refractivity contribution in [2.24, 2.45) is 5.92 Å². The maximum Gasteiger partial charge on any atom is 0.309 e. The lowest BCUT2D eigenvalue weighted by Gasteiger charge is -1.98. The van der Waals surface area contributed by atoms with Crippen molar-refractivity contribution in [3.05, 3.63) is 10.1 Å². The Balaban J connectivity index is 2.26. The van der Waals surface area contributed by atoms with Crippen LogP contribution in [0.3, 0.4) is 0 Å². The minimum atomic E-state index is -0.411. The van der Waals surface area contributed by atoms with Gasteiger partial charge in [0.15, 0.2) is 0 Å². The molecule has 0 N–H and O–H groups in total. The summed E-state index contributed by atoms with van der Waals surface area (Å²) in [5.41, 5.74) is 0. The molecule has 0 aliphatic carbocycles. The fraction of sp³-hybridized carbons (Fsp3) is 0.833. The van der Waals surface area contributed by atoms with Gasteiger partial charge < -0.3 is 4.74 Å². The van der Waals surface area contributed by atoms with Gasteiger partial charge in [0.05, 0.1) is 12.5 Å². The number of cyclic esters (lactones) is 1. The normalized spacial score (nSPS) is 23.3. The van der Waals surface area contributed by atoms with Crippen molar-refractivity contribution in [1.29, 1.82) is 0 Å². The topological polar surface area (TPSA) is 69.4 Å². The second-order valence-corrected chi connectivity index (χ2v) is 2.50. The third-order valence-corrected chi connectivity index (χ3v) is 1.70. The molecule has 0 spiro atoms. The van der Waals surface area contributed by atoms with Crippen LogP contribution in [0.2, 0.25) is 0 Å². The minimum Gasteiger partial charge on any atom is -0.465 e. The zero-order valence-electron chi connectivity index (χ0n) is 5.99. The van der Waals surface area contributed by atoms with Gasteiger partial charge in [-0.05, 0) is 6.42 Å². The number of nitrogens with zero attached hydrogens (tertiary/aromatic N) is 1. The average Bonchev–Trinajstić information content (AvgIpc) is 2.31. The molecule has 5 heteroatoms. The fourth-order valence-electron chi connectivity index (χ4n) is 1.06. The molecule has 1 atom stereocenters. The molecule has 1 saturated heterocycles. The molecule has 0 aromatic heterocycles. The van der Waals surface area contributed by atoms with Crippen molar-refractivity contribution < 1.29 is 14.5 Å². The molecule has 0 radical (unpaired) electrons. The predicted octanol–water partition coefficient (Wildman–Crippen LogP) is 0.216. The highest BCUT2D eigenvalue weighted by atomic mass is 16.6. The van der Waals surface area contributed by atoms with Gasteiger partial charge in [0.1, 0.15) is 0 Å². The predicted molar refractivity (Wildman–Crippen MR) is 35.5 cm³/mol. The highest BCUT2D eigenvalue weighted by Gasteiger charge is 2.27. The van der Waals surface area contributed by atoms with Crippen molar-refractivity contribution in [3.63, 3.8) is 0 Å². The third kappa shape index (κ3) is 2.18. The first-order valence-corrected chi connectivity index (χ1v) is 3.48. The maximum atomic E-state index is 10.7. The Morgan fingerprint density at radius 1 is 1.73 bits per heavy atom. The highest BCUT2D eigenvalue weighted by Crippen LogP contribution is 2.17. The van der Waals surface area contributed by atoms with Crippen molar-refractivity contribution in [1.82, 2.24) is 0 Å². The van der Waals surface area contributed by atoms with Gasteiger partial charge in [-0.1, -0.05) is 0 Å². The first-order valence-electron chi connectivity index (χ1n) is 3.48. The van der Waals surface area contributed by atoms with Crippen LogP contribution in [-0.4, -0.2) is 24.0 Å². The molecule has 62 valence electrons. The number of ether oxygens (including phenoxy) is 1. The number of hydrogen-bond donors (Lipinski definition) is 0. The monoisotopic (exact) mass is 159 g/mol. The van der Waals surface area contributed by atoms with Crippen molar-refractivity contribution >= 4 is 5.97 Å². The summed E-state index contributed by atoms with van der Waals surface area (Å²) in [6.45, 7) is 0.279. The minimum absolute atomic E-state index is 0.139. The number of carbonyl (C=O) groups is 1. The third-order valence-electron chi connectivity index (χ3n) is 1.70. The van der Waals surface area contributed by atoms with Gasteiger partial charge >= 0.3 is 5.97 Å². The molecule has 1 fully saturated rings. The second kappa shape index (κ2) is 3.32. The summed E-state index contributed by atoms with van der Waals surface area (Å²) >= 11 is 0. The molecule has 0 amide bonds. The van der Waals surface area contributed by atoms with Crippen molar-refractivity contribution in [2.45, 2.75) is 12.8 Å². The van der Waals surface area contributed by atoms with Gasteiger partial charge in [-0.2, -0.15) is 0 Å². The zero-order chi connectivity index (χ0) is 8.27. The molecule has 1 unspecified atom stereocenters. The van der Waals surface area contributed by atoms with Gasteiger partial charge in [-0.3, -0.25) is 14.9 Å². The summed E-state index contributed by atoms with van der Waals surface area (Å²) in [6.07, 6.45) is 0.943. The Morgan fingerprint density at radius 3 is 2.91 bits per heavy atom. The summed E-state index contributed by atoms with van der Waals surface area (Å²) in [6, 6.07) is 0. The molecular weight excluding hydrogens is 150 g/mol. The molecular formula is C6H9NO4. The van der Waals surface area contributed by atoms with E-state index in [0.29, 0.717) is 19.4 Å². The van der Waals surface area contributed by atoms with Gasteiger partial charge in [0.2, 0.25) is 6.54 Å². The van der Waals surface area contributed by atoms with E-state index >= 15 is 0 Å². The standard InChI is InChI=1S/C6H9NO4/c8-6-5(2-4-11-6)1-3-7(9)10/h5H,1-4H2. The van der Waals surface area contributed by atoms with E-state index in [1.54, 1.807) is 0 Å². The quantitative estimate of drug-likeness (QED) is 0.335.